The monoisotopic (exact) mass is 250 g/mol. The average Bonchev–Trinajstić information content (AvgIpc) is 2.30. The van der Waals surface area contributed by atoms with Crippen molar-refractivity contribution < 1.29 is 4.74 Å². The molecule has 1 aromatic carbocycles. The lowest BCUT2D eigenvalue weighted by atomic mass is 10.0. The fraction of sp³-hybridized carbons (Fsp3) is 0.600. The van der Waals surface area contributed by atoms with Crippen molar-refractivity contribution in [1.29, 1.82) is 0 Å². The fourth-order valence-electron chi connectivity index (χ4n) is 1.98. The van der Waals surface area contributed by atoms with E-state index in [2.05, 4.69) is 49.6 Å². The maximum Gasteiger partial charge on any atom is 0.122 e. The molecule has 18 heavy (non-hydrogen) atoms. The van der Waals surface area contributed by atoms with Crippen LogP contribution in [0.25, 0.3) is 0 Å². The van der Waals surface area contributed by atoms with Crippen LogP contribution in [0.1, 0.15) is 31.9 Å². The number of likely N-dealkylation sites (N-methyl/N-ethyl adjacent to an activating group) is 1. The zero-order valence-electron chi connectivity index (χ0n) is 12.3. The average molecular weight is 250 g/mol. The molecule has 3 heteroatoms. The number of hydrogen-bond donors (Lipinski definition) is 2. The van der Waals surface area contributed by atoms with Crippen molar-refractivity contribution in [1.82, 2.24) is 10.6 Å². The molecule has 2 N–H and O–H groups in total. The minimum absolute atomic E-state index is 0.0985. The van der Waals surface area contributed by atoms with Gasteiger partial charge in [0.1, 0.15) is 5.75 Å². The van der Waals surface area contributed by atoms with Crippen molar-refractivity contribution in [2.24, 2.45) is 0 Å². The van der Waals surface area contributed by atoms with E-state index in [4.69, 9.17) is 4.74 Å². The van der Waals surface area contributed by atoms with Gasteiger partial charge >= 0.3 is 0 Å². The first-order chi connectivity index (χ1) is 8.48. The van der Waals surface area contributed by atoms with Gasteiger partial charge in [0.25, 0.3) is 0 Å². The summed E-state index contributed by atoms with van der Waals surface area (Å²) in [6, 6.07) is 6.37. The van der Waals surface area contributed by atoms with E-state index in [1.54, 1.807) is 0 Å². The lowest BCUT2D eigenvalue weighted by Gasteiger charge is -2.26. The molecule has 0 saturated carbocycles. The molecular weight excluding hydrogens is 224 g/mol. The molecule has 0 radical (unpaired) electrons. The van der Waals surface area contributed by atoms with E-state index in [-0.39, 0.29) is 5.54 Å². The normalized spacial score (nSPS) is 11.6. The Kier molecular flexibility index (Phi) is 5.63. The maximum atomic E-state index is 5.55. The first-order valence-electron chi connectivity index (χ1n) is 6.60. The highest BCUT2D eigenvalue weighted by Crippen LogP contribution is 2.19. The number of rotatable bonds is 7. The van der Waals surface area contributed by atoms with Crippen molar-refractivity contribution in [2.75, 3.05) is 20.2 Å². The van der Waals surface area contributed by atoms with E-state index < -0.39 is 0 Å². The van der Waals surface area contributed by atoms with E-state index in [1.165, 1.54) is 11.1 Å². The molecule has 0 amide bonds. The summed E-state index contributed by atoms with van der Waals surface area (Å²) in [5.41, 5.74) is 2.59. The molecule has 1 aromatic rings. The molecule has 0 heterocycles. The van der Waals surface area contributed by atoms with Gasteiger partial charge in [0.15, 0.2) is 0 Å². The molecule has 0 aliphatic carbocycles. The van der Waals surface area contributed by atoms with Gasteiger partial charge in [-0.05, 0) is 51.9 Å². The standard InChI is InChI=1S/C15H26N2O/c1-6-18-14-8-7-13(9-12(14)2)10-17-15(3,4)11-16-5/h7-9,16-17H,6,10-11H2,1-5H3. The minimum Gasteiger partial charge on any atom is -0.494 e. The van der Waals surface area contributed by atoms with E-state index in [0.29, 0.717) is 6.61 Å². The highest BCUT2D eigenvalue weighted by Gasteiger charge is 2.15. The lowest BCUT2D eigenvalue weighted by molar-refractivity contribution is 0.337. The Morgan fingerprint density at radius 2 is 2.00 bits per heavy atom. The summed E-state index contributed by atoms with van der Waals surface area (Å²) in [4.78, 5) is 0. The van der Waals surface area contributed by atoms with Gasteiger partial charge in [0.2, 0.25) is 0 Å². The van der Waals surface area contributed by atoms with Gasteiger partial charge in [-0.15, -0.1) is 0 Å². The highest BCUT2D eigenvalue weighted by atomic mass is 16.5. The van der Waals surface area contributed by atoms with Crippen LogP contribution in [-0.2, 0) is 6.54 Å². The van der Waals surface area contributed by atoms with E-state index in [9.17, 15) is 0 Å². The topological polar surface area (TPSA) is 33.3 Å². The van der Waals surface area contributed by atoms with Crippen molar-refractivity contribution in [3.63, 3.8) is 0 Å². The van der Waals surface area contributed by atoms with Crippen LogP contribution in [0.2, 0.25) is 0 Å². The molecule has 0 aromatic heterocycles. The predicted molar refractivity (Wildman–Crippen MR) is 77.2 cm³/mol. The number of ether oxygens (including phenoxy) is 1. The zero-order chi connectivity index (χ0) is 13.6. The second-order valence-electron chi connectivity index (χ2n) is 5.30. The number of nitrogens with one attached hydrogen (secondary N) is 2. The summed E-state index contributed by atoms with van der Waals surface area (Å²) in [5.74, 6) is 0.982. The van der Waals surface area contributed by atoms with E-state index in [0.717, 1.165) is 18.8 Å². The zero-order valence-corrected chi connectivity index (χ0v) is 12.3. The lowest BCUT2D eigenvalue weighted by Crippen LogP contribution is -2.46. The van der Waals surface area contributed by atoms with Gasteiger partial charge in [-0.25, -0.2) is 0 Å². The highest BCUT2D eigenvalue weighted by molar-refractivity contribution is 5.36. The third-order valence-electron chi connectivity index (χ3n) is 2.93. The first-order valence-corrected chi connectivity index (χ1v) is 6.60. The Morgan fingerprint density at radius 1 is 1.28 bits per heavy atom. The quantitative estimate of drug-likeness (QED) is 0.780. The molecule has 3 nitrogen and oxygen atoms in total. The van der Waals surface area contributed by atoms with E-state index in [1.807, 2.05) is 14.0 Å². The molecule has 0 aliphatic heterocycles. The van der Waals surface area contributed by atoms with Crippen molar-refractivity contribution in [2.45, 2.75) is 39.8 Å². The number of benzene rings is 1. The predicted octanol–water partition coefficient (Wildman–Crippen LogP) is 2.48. The second-order valence-corrected chi connectivity index (χ2v) is 5.30. The van der Waals surface area contributed by atoms with Gasteiger partial charge in [-0.2, -0.15) is 0 Å². The SMILES string of the molecule is CCOc1ccc(CNC(C)(C)CNC)cc1C. The van der Waals surface area contributed by atoms with Crippen LogP contribution in [0.5, 0.6) is 5.75 Å². The molecule has 0 fully saturated rings. The summed E-state index contributed by atoms with van der Waals surface area (Å²) in [7, 11) is 1.98. The third-order valence-corrected chi connectivity index (χ3v) is 2.93. The van der Waals surface area contributed by atoms with Crippen molar-refractivity contribution >= 4 is 0 Å². The van der Waals surface area contributed by atoms with Gasteiger partial charge in [-0.3, -0.25) is 0 Å². The summed E-state index contributed by atoms with van der Waals surface area (Å²) in [6.07, 6.45) is 0. The van der Waals surface area contributed by atoms with Gasteiger partial charge in [-0.1, -0.05) is 12.1 Å². The molecule has 0 spiro atoms. The summed E-state index contributed by atoms with van der Waals surface area (Å²) >= 11 is 0. The Bertz CT molecular complexity index is 375. The molecule has 0 aliphatic rings. The molecule has 0 bridgehead atoms. The fourth-order valence-corrected chi connectivity index (χ4v) is 1.98. The Labute approximate surface area is 111 Å². The Balaban J connectivity index is 2.61. The van der Waals surface area contributed by atoms with Gasteiger partial charge < -0.3 is 15.4 Å². The second kappa shape index (κ2) is 6.76. The molecule has 0 saturated heterocycles. The van der Waals surface area contributed by atoms with Crippen LogP contribution in [-0.4, -0.2) is 25.7 Å². The van der Waals surface area contributed by atoms with Crippen LogP contribution in [0.4, 0.5) is 0 Å². The minimum atomic E-state index is 0.0985. The summed E-state index contributed by atoms with van der Waals surface area (Å²) < 4.78 is 5.55. The molecular formula is C15H26N2O. The van der Waals surface area contributed by atoms with E-state index >= 15 is 0 Å². The summed E-state index contributed by atoms with van der Waals surface area (Å²) in [5, 5.41) is 6.75. The van der Waals surface area contributed by atoms with Crippen LogP contribution < -0.4 is 15.4 Å². The molecule has 102 valence electrons. The van der Waals surface area contributed by atoms with Gasteiger partial charge in [0.05, 0.1) is 6.61 Å². The Morgan fingerprint density at radius 3 is 2.56 bits per heavy atom. The number of hydrogen-bond acceptors (Lipinski definition) is 3. The first kappa shape index (κ1) is 15.0. The van der Waals surface area contributed by atoms with Crippen LogP contribution >= 0.6 is 0 Å². The molecule has 0 atom stereocenters. The van der Waals surface area contributed by atoms with Crippen molar-refractivity contribution in [3.8, 4) is 5.75 Å². The third kappa shape index (κ3) is 4.67. The van der Waals surface area contributed by atoms with Crippen LogP contribution in [0.3, 0.4) is 0 Å². The smallest absolute Gasteiger partial charge is 0.122 e. The van der Waals surface area contributed by atoms with Crippen LogP contribution in [0.15, 0.2) is 18.2 Å². The van der Waals surface area contributed by atoms with Crippen molar-refractivity contribution in [3.05, 3.63) is 29.3 Å². The molecule has 0 unspecified atom stereocenters. The maximum absolute atomic E-state index is 5.55. The number of aryl methyl sites for hydroxylation is 1. The molecule has 1 rings (SSSR count). The van der Waals surface area contributed by atoms with Crippen LogP contribution in [0, 0.1) is 6.92 Å². The Hall–Kier alpha value is -1.06. The van der Waals surface area contributed by atoms with Gasteiger partial charge in [0, 0.05) is 18.6 Å². The largest absolute Gasteiger partial charge is 0.494 e. The summed E-state index contributed by atoms with van der Waals surface area (Å²) in [6.45, 7) is 11.0.